The van der Waals surface area contributed by atoms with Crippen molar-refractivity contribution < 1.29 is 15.0 Å². The lowest BCUT2D eigenvalue weighted by Gasteiger charge is -2.31. The molecule has 150 valence electrons. The number of carbonyl (C=O) groups excluding carboxylic acids is 1. The molecule has 0 spiro atoms. The number of nitrogens with zero attached hydrogens (tertiary/aromatic N) is 3. The van der Waals surface area contributed by atoms with Gasteiger partial charge in [-0.2, -0.15) is 5.10 Å². The van der Waals surface area contributed by atoms with E-state index in [1.807, 2.05) is 44.3 Å². The molecule has 1 aromatic rings. The smallest absolute Gasteiger partial charge is 0.273 e. The van der Waals surface area contributed by atoms with E-state index in [0.29, 0.717) is 16.3 Å². The molecule has 1 aliphatic rings. The molecule has 1 aliphatic heterocycles. The number of hydrazone groups is 1. The number of hydrogen-bond donors (Lipinski definition) is 2. The number of benzene rings is 1. The fourth-order valence-corrected chi connectivity index (χ4v) is 3.10. The van der Waals surface area contributed by atoms with Crippen molar-refractivity contribution >= 4 is 23.2 Å². The van der Waals surface area contributed by atoms with Gasteiger partial charge in [-0.1, -0.05) is 61.5 Å². The average Bonchev–Trinajstić information content (AvgIpc) is 2.68. The van der Waals surface area contributed by atoms with E-state index in [2.05, 4.69) is 11.7 Å². The Morgan fingerprint density at radius 1 is 1.43 bits per heavy atom. The van der Waals surface area contributed by atoms with Crippen LogP contribution < -0.4 is 0 Å². The van der Waals surface area contributed by atoms with Gasteiger partial charge in [-0.25, -0.2) is 5.01 Å². The highest BCUT2D eigenvalue weighted by Crippen LogP contribution is 2.23. The van der Waals surface area contributed by atoms with E-state index >= 15 is 0 Å². The Hall–Kier alpha value is -2.41. The van der Waals surface area contributed by atoms with Crippen LogP contribution in [0.3, 0.4) is 0 Å². The molecule has 0 saturated heterocycles. The third-order valence-electron chi connectivity index (χ3n) is 4.25. The summed E-state index contributed by atoms with van der Waals surface area (Å²) < 4.78 is 0. The molecule has 2 N–H and O–H groups in total. The van der Waals surface area contributed by atoms with Crippen molar-refractivity contribution in [2.75, 3.05) is 20.3 Å². The molecule has 2 rings (SSSR count). The van der Waals surface area contributed by atoms with Gasteiger partial charge in [0.25, 0.3) is 5.91 Å². The number of halogens is 1. The molecule has 0 fully saturated rings. The second-order valence-electron chi connectivity index (χ2n) is 6.67. The van der Waals surface area contributed by atoms with E-state index in [1.54, 1.807) is 23.2 Å². The Balaban J connectivity index is 2.43. The molecule has 0 saturated carbocycles. The third-order valence-corrected chi connectivity index (χ3v) is 4.58. The zero-order chi connectivity index (χ0) is 20.7. The zero-order valence-corrected chi connectivity index (χ0v) is 16.9. The first-order valence-electron chi connectivity index (χ1n) is 9.01. The number of hydrogen-bond acceptors (Lipinski definition) is 5. The normalized spacial score (nSPS) is 17.7. The maximum atomic E-state index is 12.9. The minimum absolute atomic E-state index is 0.0546. The molecule has 0 aromatic heterocycles. The van der Waals surface area contributed by atoms with Crippen LogP contribution in [-0.2, 0) is 4.79 Å². The van der Waals surface area contributed by atoms with Crippen LogP contribution in [-0.4, -0.2) is 58.2 Å². The number of aliphatic hydroxyl groups excluding tert-OH is 2. The van der Waals surface area contributed by atoms with E-state index < -0.39 is 12.7 Å². The number of rotatable bonds is 8. The Labute approximate surface area is 170 Å². The van der Waals surface area contributed by atoms with Gasteiger partial charge in [-0.15, -0.1) is 0 Å². The molecule has 2 atom stereocenters. The van der Waals surface area contributed by atoms with Gasteiger partial charge >= 0.3 is 0 Å². The fourth-order valence-electron chi connectivity index (χ4n) is 2.86. The van der Waals surface area contributed by atoms with Crippen LogP contribution in [0, 0.1) is 5.92 Å². The minimum Gasteiger partial charge on any atom is -0.394 e. The first-order chi connectivity index (χ1) is 13.4. The molecule has 0 radical (unpaired) electrons. The van der Waals surface area contributed by atoms with Crippen LogP contribution in [0.15, 0.2) is 65.9 Å². The van der Waals surface area contributed by atoms with E-state index in [0.717, 1.165) is 5.56 Å². The molecule has 1 aromatic carbocycles. The van der Waals surface area contributed by atoms with E-state index in [4.69, 9.17) is 16.7 Å². The molecule has 6 nitrogen and oxygen atoms in total. The highest BCUT2D eigenvalue weighted by Gasteiger charge is 2.27. The van der Waals surface area contributed by atoms with Crippen molar-refractivity contribution in [3.8, 4) is 0 Å². The first-order valence-corrected chi connectivity index (χ1v) is 9.39. The summed E-state index contributed by atoms with van der Waals surface area (Å²) in [5.74, 6) is -0.427. The van der Waals surface area contributed by atoms with Gasteiger partial charge in [0.2, 0.25) is 0 Å². The fraction of sp³-hybridized carbons (Fsp3) is 0.333. The predicted octanol–water partition coefficient (Wildman–Crippen LogP) is 2.78. The Kier molecular flexibility index (Phi) is 7.99. The van der Waals surface area contributed by atoms with Gasteiger partial charge < -0.3 is 15.1 Å². The van der Waals surface area contributed by atoms with Crippen molar-refractivity contribution in [3.63, 3.8) is 0 Å². The van der Waals surface area contributed by atoms with Crippen molar-refractivity contribution in [2.24, 2.45) is 11.0 Å². The molecule has 7 heteroatoms. The third kappa shape index (κ3) is 5.55. The van der Waals surface area contributed by atoms with Gasteiger partial charge in [0.15, 0.2) is 0 Å². The molecular formula is C21H26ClN3O3. The van der Waals surface area contributed by atoms with Crippen molar-refractivity contribution in [1.29, 1.82) is 0 Å². The molecule has 28 heavy (non-hydrogen) atoms. The monoisotopic (exact) mass is 403 g/mol. The predicted molar refractivity (Wildman–Crippen MR) is 112 cm³/mol. The number of carbonyl (C=O) groups is 1. The summed E-state index contributed by atoms with van der Waals surface area (Å²) in [4.78, 5) is 14.7. The van der Waals surface area contributed by atoms with Crippen LogP contribution >= 0.6 is 11.6 Å². The molecule has 2 unspecified atom stereocenters. The quantitative estimate of drug-likeness (QED) is 0.517. The first kappa shape index (κ1) is 21.9. The van der Waals surface area contributed by atoms with Gasteiger partial charge in [-0.05, 0) is 6.07 Å². The summed E-state index contributed by atoms with van der Waals surface area (Å²) in [6.45, 7) is 5.51. The lowest BCUT2D eigenvalue weighted by Crippen LogP contribution is -2.41. The summed E-state index contributed by atoms with van der Waals surface area (Å²) in [5, 5.41) is 25.4. The second-order valence-corrected chi connectivity index (χ2v) is 7.08. The summed E-state index contributed by atoms with van der Waals surface area (Å²) in [6.07, 6.45) is 6.16. The van der Waals surface area contributed by atoms with Crippen LogP contribution in [0.4, 0.5) is 0 Å². The van der Waals surface area contributed by atoms with E-state index in [-0.39, 0.29) is 24.9 Å². The topological polar surface area (TPSA) is 76.4 Å². The van der Waals surface area contributed by atoms with E-state index in [9.17, 15) is 9.90 Å². The standard InChI is InChI=1S/C21H26ClN3O3/c1-4-5-8-15(2)20(18-9-6-7-10-19(18)22)23-25-14-24(3)12-16(21(25)28)11-17(27)13-26/h4-10,12,15,17,26-27H,1,11,13-14H2,2-3H3/b8-5+,23-20+. The maximum absolute atomic E-state index is 12.9. The number of aliphatic hydroxyl groups is 2. The molecule has 0 bridgehead atoms. The van der Waals surface area contributed by atoms with Gasteiger partial charge in [0, 0.05) is 41.7 Å². The Morgan fingerprint density at radius 3 is 2.79 bits per heavy atom. The van der Waals surface area contributed by atoms with Crippen molar-refractivity contribution in [3.05, 3.63) is 71.4 Å². The summed E-state index contributed by atoms with van der Waals surface area (Å²) in [6, 6.07) is 7.35. The number of allylic oxidation sites excluding steroid dienone is 3. The summed E-state index contributed by atoms with van der Waals surface area (Å²) in [5.41, 5.74) is 1.77. The maximum Gasteiger partial charge on any atom is 0.273 e. The lowest BCUT2D eigenvalue weighted by molar-refractivity contribution is -0.130. The lowest BCUT2D eigenvalue weighted by atomic mass is 9.97. The highest BCUT2D eigenvalue weighted by atomic mass is 35.5. The van der Waals surface area contributed by atoms with Gasteiger partial charge in [0.05, 0.1) is 18.4 Å². The molecule has 1 heterocycles. The average molecular weight is 404 g/mol. The minimum atomic E-state index is -0.995. The SMILES string of the molecule is C=C/C=C/C(C)/C(=N\N1CN(C)C=C(CC(O)CO)C1=O)c1ccccc1Cl. The summed E-state index contributed by atoms with van der Waals surface area (Å²) in [7, 11) is 1.82. The Bertz CT molecular complexity index is 804. The van der Waals surface area contributed by atoms with Crippen molar-refractivity contribution in [1.82, 2.24) is 9.91 Å². The van der Waals surface area contributed by atoms with E-state index in [1.165, 1.54) is 5.01 Å². The number of amides is 1. The second kappa shape index (κ2) is 10.2. The largest absolute Gasteiger partial charge is 0.394 e. The van der Waals surface area contributed by atoms with Crippen LogP contribution in [0.1, 0.15) is 18.9 Å². The molecule has 1 amide bonds. The summed E-state index contributed by atoms with van der Waals surface area (Å²) >= 11 is 6.38. The van der Waals surface area contributed by atoms with Crippen LogP contribution in [0.2, 0.25) is 5.02 Å². The van der Waals surface area contributed by atoms with Gasteiger partial charge in [-0.3, -0.25) is 4.79 Å². The van der Waals surface area contributed by atoms with Crippen LogP contribution in [0.5, 0.6) is 0 Å². The van der Waals surface area contributed by atoms with Gasteiger partial charge in [0.1, 0.15) is 6.67 Å². The molecule has 0 aliphatic carbocycles. The molecular weight excluding hydrogens is 378 g/mol. The zero-order valence-electron chi connectivity index (χ0n) is 16.1. The van der Waals surface area contributed by atoms with Crippen LogP contribution in [0.25, 0.3) is 0 Å². The highest BCUT2D eigenvalue weighted by molar-refractivity contribution is 6.34. The van der Waals surface area contributed by atoms with Crippen molar-refractivity contribution in [2.45, 2.75) is 19.4 Å². The Morgan fingerprint density at radius 2 is 2.14 bits per heavy atom.